The molecular formula is C10H19N3O3S2. The van der Waals surface area contributed by atoms with Crippen LogP contribution in [0.25, 0.3) is 0 Å². The number of nitrogens with zero attached hydrogens (tertiary/aromatic N) is 1. The molecule has 18 heavy (non-hydrogen) atoms. The van der Waals surface area contributed by atoms with Crippen LogP contribution in [0, 0.1) is 0 Å². The van der Waals surface area contributed by atoms with Crippen LogP contribution in [-0.4, -0.2) is 39.4 Å². The predicted molar refractivity (Wildman–Crippen MR) is 73.5 cm³/mol. The second-order valence-electron chi connectivity index (χ2n) is 3.71. The molecule has 0 amide bonds. The third kappa shape index (κ3) is 4.89. The summed E-state index contributed by atoms with van der Waals surface area (Å²) in [6.07, 6.45) is 0. The zero-order chi connectivity index (χ0) is 13.6. The van der Waals surface area contributed by atoms with Crippen LogP contribution in [0.5, 0.6) is 0 Å². The van der Waals surface area contributed by atoms with Crippen molar-refractivity contribution in [3.05, 3.63) is 11.1 Å². The van der Waals surface area contributed by atoms with Crippen molar-refractivity contribution in [2.75, 3.05) is 30.7 Å². The van der Waals surface area contributed by atoms with Crippen molar-refractivity contribution < 1.29 is 13.2 Å². The molecule has 0 aliphatic heterocycles. The number of rotatable bonds is 8. The zero-order valence-corrected chi connectivity index (χ0v) is 12.4. The minimum Gasteiger partial charge on any atom is -0.381 e. The Balaban J connectivity index is 2.58. The van der Waals surface area contributed by atoms with E-state index >= 15 is 0 Å². The molecule has 1 heterocycles. The Morgan fingerprint density at radius 2 is 2.28 bits per heavy atom. The number of ether oxygens (including phenoxy) is 1. The first-order valence-corrected chi connectivity index (χ1v) is 8.22. The van der Waals surface area contributed by atoms with Crippen molar-refractivity contribution in [3.8, 4) is 0 Å². The first-order chi connectivity index (χ1) is 8.48. The Kier molecular flexibility index (Phi) is 6.00. The van der Waals surface area contributed by atoms with E-state index in [1.54, 1.807) is 0 Å². The van der Waals surface area contributed by atoms with Gasteiger partial charge in [0.2, 0.25) is 10.0 Å². The zero-order valence-electron chi connectivity index (χ0n) is 10.8. The third-order valence-corrected chi connectivity index (χ3v) is 4.46. The fourth-order valence-electron chi connectivity index (χ4n) is 1.18. The van der Waals surface area contributed by atoms with Crippen LogP contribution in [0.15, 0.2) is 5.38 Å². The van der Waals surface area contributed by atoms with Crippen molar-refractivity contribution >= 4 is 26.5 Å². The largest absolute Gasteiger partial charge is 0.381 e. The lowest BCUT2D eigenvalue weighted by atomic mass is 10.3. The van der Waals surface area contributed by atoms with Gasteiger partial charge in [-0.05, 0) is 20.9 Å². The summed E-state index contributed by atoms with van der Waals surface area (Å²) in [6.45, 7) is 4.49. The Bertz CT molecular complexity index is 459. The van der Waals surface area contributed by atoms with Gasteiger partial charge in [0.25, 0.3) is 0 Å². The Labute approximate surface area is 112 Å². The van der Waals surface area contributed by atoms with Crippen molar-refractivity contribution in [3.63, 3.8) is 0 Å². The average molecular weight is 293 g/mol. The van der Waals surface area contributed by atoms with Crippen molar-refractivity contribution in [1.29, 1.82) is 0 Å². The second-order valence-corrected chi connectivity index (χ2v) is 6.41. The van der Waals surface area contributed by atoms with Gasteiger partial charge in [0.1, 0.15) is 0 Å². The molecule has 0 fully saturated rings. The molecule has 1 rings (SSSR count). The SMILES string of the molecule is CCOCCS(=O)(=O)Nc1nc(C(C)NC)cs1. The van der Waals surface area contributed by atoms with Crippen molar-refractivity contribution in [2.24, 2.45) is 0 Å². The third-order valence-electron chi connectivity index (χ3n) is 2.34. The van der Waals surface area contributed by atoms with E-state index in [0.29, 0.717) is 11.7 Å². The van der Waals surface area contributed by atoms with E-state index in [-0.39, 0.29) is 18.4 Å². The molecule has 104 valence electrons. The van der Waals surface area contributed by atoms with E-state index in [4.69, 9.17) is 4.74 Å². The number of thiazole rings is 1. The molecule has 0 aromatic carbocycles. The minimum absolute atomic E-state index is 0.0582. The topological polar surface area (TPSA) is 80.3 Å². The molecule has 1 aromatic rings. The van der Waals surface area contributed by atoms with Gasteiger partial charge >= 0.3 is 0 Å². The van der Waals surface area contributed by atoms with Gasteiger partial charge in [-0.15, -0.1) is 11.3 Å². The number of hydrogen-bond donors (Lipinski definition) is 2. The first-order valence-electron chi connectivity index (χ1n) is 5.69. The molecule has 2 N–H and O–H groups in total. The molecule has 0 aliphatic carbocycles. The van der Waals surface area contributed by atoms with Gasteiger partial charge in [0.05, 0.1) is 18.1 Å². The molecule has 1 aromatic heterocycles. The summed E-state index contributed by atoms with van der Waals surface area (Å²) in [4.78, 5) is 4.22. The number of nitrogens with one attached hydrogen (secondary N) is 2. The predicted octanol–water partition coefficient (Wildman–Crippen LogP) is 1.20. The average Bonchev–Trinajstić information content (AvgIpc) is 2.75. The summed E-state index contributed by atoms with van der Waals surface area (Å²) in [5.74, 6) is -0.0582. The van der Waals surface area contributed by atoms with E-state index in [9.17, 15) is 8.42 Å². The molecule has 0 aliphatic rings. The van der Waals surface area contributed by atoms with Crippen LogP contribution < -0.4 is 10.0 Å². The highest BCUT2D eigenvalue weighted by Gasteiger charge is 2.14. The molecule has 1 atom stereocenters. The van der Waals surface area contributed by atoms with Crippen LogP contribution >= 0.6 is 11.3 Å². The number of aromatic nitrogens is 1. The quantitative estimate of drug-likeness (QED) is 0.704. The van der Waals surface area contributed by atoms with Crippen molar-refractivity contribution in [1.82, 2.24) is 10.3 Å². The summed E-state index contributed by atoms with van der Waals surface area (Å²) < 4.78 is 30.8. The van der Waals surface area contributed by atoms with E-state index in [0.717, 1.165) is 5.69 Å². The molecule has 6 nitrogen and oxygen atoms in total. The molecule has 0 bridgehead atoms. The molecule has 1 unspecified atom stereocenters. The van der Waals surface area contributed by atoms with E-state index in [2.05, 4.69) is 15.0 Å². The van der Waals surface area contributed by atoms with E-state index in [1.807, 2.05) is 26.3 Å². The van der Waals surface area contributed by atoms with Gasteiger partial charge in [-0.2, -0.15) is 0 Å². The van der Waals surface area contributed by atoms with Crippen LogP contribution in [-0.2, 0) is 14.8 Å². The van der Waals surface area contributed by atoms with Gasteiger partial charge in [-0.25, -0.2) is 13.4 Å². The summed E-state index contributed by atoms with van der Waals surface area (Å²) in [5, 5.41) is 5.27. The summed E-state index contributed by atoms with van der Waals surface area (Å²) >= 11 is 1.28. The Hall–Kier alpha value is -0.700. The first kappa shape index (κ1) is 15.4. The van der Waals surface area contributed by atoms with Crippen LogP contribution in [0.4, 0.5) is 5.13 Å². The van der Waals surface area contributed by atoms with Gasteiger partial charge in [-0.1, -0.05) is 0 Å². The van der Waals surface area contributed by atoms with Gasteiger partial charge in [0, 0.05) is 18.0 Å². The summed E-state index contributed by atoms with van der Waals surface area (Å²) in [6, 6.07) is 0.0999. The standard InChI is InChI=1S/C10H19N3O3S2/c1-4-16-5-6-18(14,15)13-10-12-9(7-17-10)8(2)11-3/h7-8,11H,4-6H2,1-3H3,(H,12,13). The normalized spacial score (nSPS) is 13.5. The Morgan fingerprint density at radius 1 is 1.56 bits per heavy atom. The molecule has 0 saturated heterocycles. The number of sulfonamides is 1. The fourth-order valence-corrected chi connectivity index (χ4v) is 3.15. The van der Waals surface area contributed by atoms with Gasteiger partial charge < -0.3 is 10.1 Å². The maximum Gasteiger partial charge on any atom is 0.236 e. The van der Waals surface area contributed by atoms with E-state index < -0.39 is 10.0 Å². The highest BCUT2D eigenvalue weighted by atomic mass is 32.2. The highest BCUT2D eigenvalue weighted by molar-refractivity contribution is 7.92. The monoisotopic (exact) mass is 293 g/mol. The van der Waals surface area contributed by atoms with Crippen LogP contribution in [0.2, 0.25) is 0 Å². The Morgan fingerprint density at radius 3 is 2.89 bits per heavy atom. The van der Waals surface area contributed by atoms with E-state index in [1.165, 1.54) is 11.3 Å². The van der Waals surface area contributed by atoms with Gasteiger partial charge in [-0.3, -0.25) is 4.72 Å². The molecular weight excluding hydrogens is 274 g/mol. The van der Waals surface area contributed by atoms with Crippen molar-refractivity contribution in [2.45, 2.75) is 19.9 Å². The molecule has 0 radical (unpaired) electrons. The lowest BCUT2D eigenvalue weighted by Gasteiger charge is -2.06. The lowest BCUT2D eigenvalue weighted by Crippen LogP contribution is -2.20. The number of anilines is 1. The van der Waals surface area contributed by atoms with Crippen LogP contribution in [0.1, 0.15) is 25.6 Å². The molecule has 8 heteroatoms. The maximum absolute atomic E-state index is 11.7. The van der Waals surface area contributed by atoms with Gasteiger partial charge in [0.15, 0.2) is 5.13 Å². The number of hydrogen-bond acceptors (Lipinski definition) is 6. The minimum atomic E-state index is -3.37. The molecule has 0 spiro atoms. The highest BCUT2D eigenvalue weighted by Crippen LogP contribution is 2.21. The molecule has 0 saturated carbocycles. The van der Waals surface area contributed by atoms with Crippen LogP contribution in [0.3, 0.4) is 0 Å². The fraction of sp³-hybridized carbons (Fsp3) is 0.700. The smallest absolute Gasteiger partial charge is 0.236 e. The summed E-state index contributed by atoms with van der Waals surface area (Å²) in [7, 11) is -1.54. The maximum atomic E-state index is 11.7. The summed E-state index contributed by atoms with van der Waals surface area (Å²) in [5.41, 5.74) is 0.824. The second kappa shape index (κ2) is 7.03. The lowest BCUT2D eigenvalue weighted by molar-refractivity contribution is 0.163.